The molecular weight excluding hydrogens is 330 g/mol. The fraction of sp³-hybridized carbons (Fsp3) is 0.556. The molecule has 1 aliphatic heterocycles. The molecule has 2 rings (SSSR count). The second-order valence-electron chi connectivity index (χ2n) is 7.24. The van der Waals surface area contributed by atoms with Crippen LogP contribution in [-0.2, 0) is 15.0 Å². The summed E-state index contributed by atoms with van der Waals surface area (Å²) in [5.41, 5.74) is 0.991. The van der Waals surface area contributed by atoms with Crippen molar-refractivity contribution in [2.24, 2.45) is 5.92 Å². The van der Waals surface area contributed by atoms with Crippen LogP contribution in [0.25, 0.3) is 0 Å². The summed E-state index contributed by atoms with van der Waals surface area (Å²) in [7, 11) is 0. The summed E-state index contributed by atoms with van der Waals surface area (Å²) in [6.45, 7) is 7.82. The Morgan fingerprint density at radius 2 is 1.92 bits per heavy atom. The average Bonchev–Trinajstić information content (AvgIpc) is 2.52. The van der Waals surface area contributed by atoms with Crippen LogP contribution in [0.3, 0.4) is 0 Å². The van der Waals surface area contributed by atoms with E-state index < -0.39 is 11.9 Å². The summed E-state index contributed by atoms with van der Waals surface area (Å²) in [6, 6.07) is 5.65. The minimum Gasteiger partial charge on any atom is -0.493 e. The van der Waals surface area contributed by atoms with E-state index in [1.165, 1.54) is 4.90 Å². The number of halogens is 1. The largest absolute Gasteiger partial charge is 0.493 e. The highest BCUT2D eigenvalue weighted by Gasteiger charge is 2.27. The number of carboxylic acid groups (broad SMARTS) is 1. The summed E-state index contributed by atoms with van der Waals surface area (Å²) in [5, 5.41) is 9.44. The van der Waals surface area contributed by atoms with Crippen LogP contribution in [0.15, 0.2) is 18.2 Å². The van der Waals surface area contributed by atoms with Gasteiger partial charge in [0, 0.05) is 23.7 Å². The number of carbonyl (C=O) groups is 2. The van der Waals surface area contributed by atoms with Crippen LogP contribution in [0.2, 0.25) is 5.02 Å². The maximum atomic E-state index is 11.5. The molecule has 1 aliphatic rings. The van der Waals surface area contributed by atoms with Gasteiger partial charge in [0.1, 0.15) is 5.75 Å². The van der Waals surface area contributed by atoms with Gasteiger partial charge in [-0.25, -0.2) is 4.79 Å². The Labute approximate surface area is 147 Å². The Morgan fingerprint density at radius 1 is 1.29 bits per heavy atom. The lowest BCUT2D eigenvalue weighted by Crippen LogP contribution is -2.42. The van der Waals surface area contributed by atoms with Gasteiger partial charge >= 0.3 is 11.9 Å². The first-order valence-electron chi connectivity index (χ1n) is 8.13. The van der Waals surface area contributed by atoms with Crippen molar-refractivity contribution in [2.45, 2.75) is 39.0 Å². The van der Waals surface area contributed by atoms with E-state index in [1.54, 1.807) is 0 Å². The summed E-state index contributed by atoms with van der Waals surface area (Å²) >= 11 is 6.10. The second kappa shape index (κ2) is 7.43. The first-order chi connectivity index (χ1) is 11.2. The summed E-state index contributed by atoms with van der Waals surface area (Å²) in [4.78, 5) is 23.6. The molecular formula is C18H24ClNO4. The van der Waals surface area contributed by atoms with E-state index in [0.29, 0.717) is 30.6 Å². The number of piperidine rings is 1. The number of aliphatic carboxylic acids is 1. The molecule has 0 unspecified atom stereocenters. The highest BCUT2D eigenvalue weighted by atomic mass is 35.5. The third-order valence-electron chi connectivity index (χ3n) is 4.31. The Bertz CT molecular complexity index is 616. The summed E-state index contributed by atoms with van der Waals surface area (Å²) in [5.74, 6) is -1.06. The van der Waals surface area contributed by atoms with E-state index in [2.05, 4.69) is 20.8 Å². The SMILES string of the molecule is CC(C)(C)c1cc(Cl)ccc1OCC1CCN(C(=O)C(=O)O)CC1. The molecule has 1 amide bonds. The van der Waals surface area contributed by atoms with Crippen LogP contribution in [0, 0.1) is 5.92 Å². The molecule has 1 fully saturated rings. The number of hydrogen-bond donors (Lipinski definition) is 1. The number of rotatable bonds is 3. The lowest BCUT2D eigenvalue weighted by atomic mass is 9.86. The van der Waals surface area contributed by atoms with Gasteiger partial charge in [0.15, 0.2) is 0 Å². The third-order valence-corrected chi connectivity index (χ3v) is 4.54. The van der Waals surface area contributed by atoms with Crippen molar-refractivity contribution in [3.8, 4) is 5.75 Å². The van der Waals surface area contributed by atoms with Crippen molar-refractivity contribution < 1.29 is 19.4 Å². The molecule has 0 aliphatic carbocycles. The number of benzene rings is 1. The predicted molar refractivity (Wildman–Crippen MR) is 92.6 cm³/mol. The lowest BCUT2D eigenvalue weighted by Gasteiger charge is -2.31. The minimum absolute atomic E-state index is 0.0719. The molecule has 0 saturated carbocycles. The van der Waals surface area contributed by atoms with Crippen molar-refractivity contribution >= 4 is 23.5 Å². The summed E-state index contributed by atoms with van der Waals surface area (Å²) in [6.07, 6.45) is 1.49. The Kier molecular flexibility index (Phi) is 5.75. The van der Waals surface area contributed by atoms with Crippen molar-refractivity contribution in [1.82, 2.24) is 4.90 Å². The van der Waals surface area contributed by atoms with E-state index in [0.717, 1.165) is 24.2 Å². The van der Waals surface area contributed by atoms with Crippen molar-refractivity contribution in [1.29, 1.82) is 0 Å². The van der Waals surface area contributed by atoms with Gasteiger partial charge in [0.2, 0.25) is 0 Å². The minimum atomic E-state index is -1.39. The molecule has 0 aromatic heterocycles. The van der Waals surface area contributed by atoms with Gasteiger partial charge in [-0.2, -0.15) is 0 Å². The molecule has 1 heterocycles. The average molecular weight is 354 g/mol. The smallest absolute Gasteiger partial charge is 0.394 e. The number of amides is 1. The van der Waals surface area contributed by atoms with Gasteiger partial charge in [-0.1, -0.05) is 32.4 Å². The first-order valence-corrected chi connectivity index (χ1v) is 8.51. The molecule has 0 atom stereocenters. The molecule has 1 aromatic rings. The van der Waals surface area contributed by atoms with E-state index >= 15 is 0 Å². The molecule has 24 heavy (non-hydrogen) atoms. The predicted octanol–water partition coefficient (Wildman–Crippen LogP) is 3.34. The van der Waals surface area contributed by atoms with Gasteiger partial charge < -0.3 is 14.7 Å². The van der Waals surface area contributed by atoms with Crippen LogP contribution in [0.1, 0.15) is 39.2 Å². The van der Waals surface area contributed by atoms with Crippen LogP contribution < -0.4 is 4.74 Å². The monoisotopic (exact) mass is 353 g/mol. The number of nitrogens with zero attached hydrogens (tertiary/aromatic N) is 1. The molecule has 5 nitrogen and oxygen atoms in total. The maximum Gasteiger partial charge on any atom is 0.394 e. The van der Waals surface area contributed by atoms with E-state index in [4.69, 9.17) is 21.4 Å². The third kappa shape index (κ3) is 4.63. The van der Waals surface area contributed by atoms with Crippen LogP contribution in [0.4, 0.5) is 0 Å². The van der Waals surface area contributed by atoms with E-state index in [1.807, 2.05) is 18.2 Å². The van der Waals surface area contributed by atoms with E-state index in [9.17, 15) is 9.59 Å². The molecule has 132 valence electrons. The highest BCUT2D eigenvalue weighted by Crippen LogP contribution is 2.34. The molecule has 0 spiro atoms. The van der Waals surface area contributed by atoms with Crippen molar-refractivity contribution in [2.75, 3.05) is 19.7 Å². The topological polar surface area (TPSA) is 66.8 Å². The van der Waals surface area contributed by atoms with Crippen LogP contribution in [0.5, 0.6) is 5.75 Å². The van der Waals surface area contributed by atoms with Crippen LogP contribution >= 0.6 is 11.6 Å². The number of ether oxygens (including phenoxy) is 1. The Morgan fingerprint density at radius 3 is 2.46 bits per heavy atom. The Balaban J connectivity index is 1.94. The second-order valence-corrected chi connectivity index (χ2v) is 7.68. The normalized spacial score (nSPS) is 16.1. The van der Waals surface area contributed by atoms with E-state index in [-0.39, 0.29) is 5.41 Å². The molecule has 6 heteroatoms. The Hall–Kier alpha value is -1.75. The zero-order valence-corrected chi connectivity index (χ0v) is 15.1. The number of carbonyl (C=O) groups excluding carboxylic acids is 1. The van der Waals surface area contributed by atoms with Gasteiger partial charge in [-0.3, -0.25) is 4.79 Å². The number of likely N-dealkylation sites (tertiary alicyclic amines) is 1. The summed E-state index contributed by atoms with van der Waals surface area (Å²) < 4.78 is 6.02. The molecule has 0 bridgehead atoms. The maximum absolute atomic E-state index is 11.5. The zero-order chi connectivity index (χ0) is 17.9. The highest BCUT2D eigenvalue weighted by molar-refractivity contribution is 6.31. The lowest BCUT2D eigenvalue weighted by molar-refractivity contribution is -0.156. The van der Waals surface area contributed by atoms with Crippen LogP contribution in [-0.4, -0.2) is 41.6 Å². The molecule has 0 radical (unpaired) electrons. The quantitative estimate of drug-likeness (QED) is 0.846. The van der Waals surface area contributed by atoms with Gasteiger partial charge in [-0.15, -0.1) is 0 Å². The first kappa shape index (κ1) is 18.6. The fourth-order valence-electron chi connectivity index (χ4n) is 2.86. The number of carboxylic acids is 1. The molecule has 1 aromatic carbocycles. The standard InChI is InChI=1S/C18H24ClNO4/c1-18(2,3)14-10-13(19)4-5-15(14)24-11-12-6-8-20(9-7-12)16(21)17(22)23/h4-5,10,12H,6-9,11H2,1-3H3,(H,22,23). The number of hydrogen-bond acceptors (Lipinski definition) is 3. The van der Waals surface area contributed by atoms with Crippen molar-refractivity contribution in [3.05, 3.63) is 28.8 Å². The zero-order valence-electron chi connectivity index (χ0n) is 14.3. The fourth-order valence-corrected chi connectivity index (χ4v) is 3.03. The van der Waals surface area contributed by atoms with Gasteiger partial charge in [0.05, 0.1) is 6.61 Å². The molecule has 1 N–H and O–H groups in total. The van der Waals surface area contributed by atoms with Gasteiger partial charge in [-0.05, 0) is 42.4 Å². The van der Waals surface area contributed by atoms with Gasteiger partial charge in [0.25, 0.3) is 0 Å². The molecule has 1 saturated heterocycles. The van der Waals surface area contributed by atoms with Crippen molar-refractivity contribution in [3.63, 3.8) is 0 Å².